The highest BCUT2D eigenvalue weighted by atomic mass is 32.2. The lowest BCUT2D eigenvalue weighted by atomic mass is 10.2. The van der Waals surface area contributed by atoms with E-state index in [0.29, 0.717) is 10.5 Å². The van der Waals surface area contributed by atoms with Crippen molar-refractivity contribution in [1.82, 2.24) is 0 Å². The topological polar surface area (TPSA) is 79.2 Å². The van der Waals surface area contributed by atoms with E-state index in [9.17, 15) is 9.59 Å². The number of nitriles is 1. The number of hydrogen-bond donors (Lipinski definition) is 1. The van der Waals surface area contributed by atoms with Crippen molar-refractivity contribution in [3.63, 3.8) is 0 Å². The molecule has 0 unspecified atom stereocenters. The first-order valence-corrected chi connectivity index (χ1v) is 8.67. The van der Waals surface area contributed by atoms with Crippen molar-refractivity contribution in [2.24, 2.45) is 0 Å². The van der Waals surface area contributed by atoms with Crippen molar-refractivity contribution in [3.05, 3.63) is 59.7 Å². The van der Waals surface area contributed by atoms with Gasteiger partial charge in [0.15, 0.2) is 6.10 Å². The van der Waals surface area contributed by atoms with Gasteiger partial charge >= 0.3 is 5.97 Å². The summed E-state index contributed by atoms with van der Waals surface area (Å²) < 4.78 is 5.03. The van der Waals surface area contributed by atoms with Crippen LogP contribution in [0.2, 0.25) is 0 Å². The molecule has 2 aromatic rings. The van der Waals surface area contributed by atoms with Crippen LogP contribution in [0.25, 0.3) is 0 Å². The summed E-state index contributed by atoms with van der Waals surface area (Å²) in [4.78, 5) is 24.8. The zero-order chi connectivity index (χ0) is 18.2. The second kappa shape index (κ2) is 8.90. The van der Waals surface area contributed by atoms with Gasteiger partial charge < -0.3 is 10.1 Å². The largest absolute Gasteiger partial charge is 0.444 e. The average Bonchev–Trinajstić information content (AvgIpc) is 2.62. The Morgan fingerprint density at radius 1 is 1.20 bits per heavy atom. The highest BCUT2D eigenvalue weighted by Gasteiger charge is 2.16. The molecule has 5 nitrogen and oxygen atoms in total. The van der Waals surface area contributed by atoms with Crippen molar-refractivity contribution >= 4 is 29.3 Å². The Kier molecular flexibility index (Phi) is 6.61. The fraction of sp³-hybridized carbons (Fsp3) is 0.211. The fourth-order valence-corrected chi connectivity index (χ4v) is 2.83. The number of benzene rings is 2. The molecule has 1 amide bonds. The van der Waals surface area contributed by atoms with Crippen LogP contribution in [0.15, 0.2) is 53.4 Å². The Balaban J connectivity index is 1.98. The second-order valence-electron chi connectivity index (χ2n) is 5.38. The van der Waals surface area contributed by atoms with Crippen LogP contribution in [0.3, 0.4) is 0 Å². The maximum atomic E-state index is 12.1. The Labute approximate surface area is 151 Å². The molecule has 0 saturated carbocycles. The van der Waals surface area contributed by atoms with Gasteiger partial charge in [0.25, 0.3) is 0 Å². The molecule has 0 heterocycles. The summed E-state index contributed by atoms with van der Waals surface area (Å²) in [6, 6.07) is 16.2. The molecule has 0 aliphatic rings. The van der Waals surface area contributed by atoms with Crippen LogP contribution < -0.4 is 5.32 Å². The first kappa shape index (κ1) is 18.6. The zero-order valence-corrected chi connectivity index (χ0v) is 14.8. The number of nitrogens with one attached hydrogen (secondary N) is 1. The molecule has 0 aliphatic heterocycles. The lowest BCUT2D eigenvalue weighted by Gasteiger charge is -2.10. The van der Waals surface area contributed by atoms with Crippen molar-refractivity contribution in [2.45, 2.75) is 24.8 Å². The molecule has 0 aliphatic carbocycles. The van der Waals surface area contributed by atoms with Crippen LogP contribution in [0, 0.1) is 18.3 Å². The highest BCUT2D eigenvalue weighted by Crippen LogP contribution is 2.24. The van der Waals surface area contributed by atoms with Gasteiger partial charge in [-0.3, -0.25) is 4.79 Å². The minimum atomic E-state index is -0.824. The first-order chi connectivity index (χ1) is 12.0. The number of esters is 1. The van der Waals surface area contributed by atoms with E-state index in [1.807, 2.05) is 37.3 Å². The van der Waals surface area contributed by atoms with E-state index in [0.717, 1.165) is 11.3 Å². The van der Waals surface area contributed by atoms with E-state index in [1.54, 1.807) is 24.3 Å². The standard InChI is InChI=1S/C19H18N2O3S/c1-13-7-9-15(10-8-13)21-18(22)12-25-17-6-4-3-5-16(17)19(23)24-14(2)11-20/h3-10,14H,12H2,1-2H3,(H,21,22)/t14-/m0/s1. The molecule has 1 N–H and O–H groups in total. The van der Waals surface area contributed by atoms with Crippen LogP contribution in [-0.4, -0.2) is 23.7 Å². The van der Waals surface area contributed by atoms with E-state index < -0.39 is 12.1 Å². The molecule has 25 heavy (non-hydrogen) atoms. The third-order valence-electron chi connectivity index (χ3n) is 3.27. The van der Waals surface area contributed by atoms with Crippen molar-refractivity contribution in [1.29, 1.82) is 5.26 Å². The van der Waals surface area contributed by atoms with Gasteiger partial charge in [-0.25, -0.2) is 4.79 Å². The number of nitrogens with zero attached hydrogens (tertiary/aromatic N) is 1. The minimum Gasteiger partial charge on any atom is -0.444 e. The van der Waals surface area contributed by atoms with Gasteiger partial charge in [0.1, 0.15) is 6.07 Å². The lowest BCUT2D eigenvalue weighted by Crippen LogP contribution is -2.16. The number of hydrogen-bond acceptors (Lipinski definition) is 5. The summed E-state index contributed by atoms with van der Waals surface area (Å²) in [5, 5.41) is 11.6. The lowest BCUT2D eigenvalue weighted by molar-refractivity contribution is -0.113. The summed E-state index contributed by atoms with van der Waals surface area (Å²) in [6.45, 7) is 3.48. The van der Waals surface area contributed by atoms with E-state index in [2.05, 4.69) is 5.32 Å². The van der Waals surface area contributed by atoms with Crippen molar-refractivity contribution in [2.75, 3.05) is 11.1 Å². The predicted molar refractivity (Wildman–Crippen MR) is 97.5 cm³/mol. The Hall–Kier alpha value is -2.78. The second-order valence-corrected chi connectivity index (χ2v) is 6.39. The van der Waals surface area contributed by atoms with Gasteiger partial charge in [-0.1, -0.05) is 29.8 Å². The molecule has 0 saturated heterocycles. The van der Waals surface area contributed by atoms with Gasteiger partial charge in [0, 0.05) is 10.6 Å². The van der Waals surface area contributed by atoms with E-state index in [-0.39, 0.29) is 11.7 Å². The SMILES string of the molecule is Cc1ccc(NC(=O)CSc2ccccc2C(=O)O[C@@H](C)C#N)cc1. The number of anilines is 1. The Bertz CT molecular complexity index is 797. The van der Waals surface area contributed by atoms with Gasteiger partial charge in [-0.2, -0.15) is 5.26 Å². The molecule has 1 atom stereocenters. The summed E-state index contributed by atoms with van der Waals surface area (Å²) >= 11 is 1.24. The third kappa shape index (κ3) is 5.66. The zero-order valence-electron chi connectivity index (χ0n) is 14.0. The van der Waals surface area contributed by atoms with Gasteiger partial charge in [0.05, 0.1) is 11.3 Å². The number of carbonyl (C=O) groups excluding carboxylic acids is 2. The van der Waals surface area contributed by atoms with Crippen molar-refractivity contribution in [3.8, 4) is 6.07 Å². The highest BCUT2D eigenvalue weighted by molar-refractivity contribution is 8.00. The van der Waals surface area contributed by atoms with Gasteiger partial charge in [-0.15, -0.1) is 11.8 Å². The summed E-state index contributed by atoms with van der Waals surface area (Å²) in [7, 11) is 0. The third-order valence-corrected chi connectivity index (χ3v) is 4.34. The molecular formula is C19H18N2O3S. The van der Waals surface area contributed by atoms with Crippen LogP contribution in [0.1, 0.15) is 22.8 Å². The molecule has 2 rings (SSSR count). The number of thioether (sulfide) groups is 1. The Morgan fingerprint density at radius 3 is 2.56 bits per heavy atom. The maximum absolute atomic E-state index is 12.1. The molecule has 0 spiro atoms. The van der Waals surface area contributed by atoms with Crippen LogP contribution >= 0.6 is 11.8 Å². The molecular weight excluding hydrogens is 336 g/mol. The summed E-state index contributed by atoms with van der Waals surface area (Å²) in [5.74, 6) is -0.579. The van der Waals surface area contributed by atoms with Gasteiger partial charge in [0.2, 0.25) is 5.91 Å². The molecule has 0 aromatic heterocycles. The summed E-state index contributed by atoms with van der Waals surface area (Å²) in [5.41, 5.74) is 2.19. The molecule has 2 aromatic carbocycles. The predicted octanol–water partition coefficient (Wildman–Crippen LogP) is 3.79. The average molecular weight is 354 g/mol. The van der Waals surface area contributed by atoms with E-state index >= 15 is 0 Å². The van der Waals surface area contributed by atoms with E-state index in [4.69, 9.17) is 10.00 Å². The summed E-state index contributed by atoms with van der Waals surface area (Å²) in [6.07, 6.45) is -0.824. The Morgan fingerprint density at radius 2 is 1.88 bits per heavy atom. The number of ether oxygens (including phenoxy) is 1. The molecule has 6 heteroatoms. The van der Waals surface area contributed by atoms with Crippen LogP contribution in [-0.2, 0) is 9.53 Å². The first-order valence-electron chi connectivity index (χ1n) is 7.68. The monoisotopic (exact) mass is 354 g/mol. The van der Waals surface area contributed by atoms with Crippen LogP contribution in [0.4, 0.5) is 5.69 Å². The smallest absolute Gasteiger partial charge is 0.340 e. The van der Waals surface area contributed by atoms with Crippen molar-refractivity contribution < 1.29 is 14.3 Å². The fourth-order valence-electron chi connectivity index (χ4n) is 1.99. The number of carbonyl (C=O) groups is 2. The normalized spacial score (nSPS) is 11.2. The molecule has 128 valence electrons. The molecule has 0 fully saturated rings. The van der Waals surface area contributed by atoms with Crippen LogP contribution in [0.5, 0.6) is 0 Å². The quantitative estimate of drug-likeness (QED) is 0.630. The minimum absolute atomic E-state index is 0.159. The number of rotatable bonds is 6. The number of aryl methyl sites for hydroxylation is 1. The van der Waals surface area contributed by atoms with E-state index in [1.165, 1.54) is 18.7 Å². The molecule has 0 bridgehead atoms. The molecule has 0 radical (unpaired) electrons. The number of amides is 1. The maximum Gasteiger partial charge on any atom is 0.340 e. The van der Waals surface area contributed by atoms with Gasteiger partial charge in [-0.05, 0) is 38.1 Å².